The monoisotopic (exact) mass is 325 g/mol. The smallest absolute Gasteiger partial charge is 0.0596 e. The largest absolute Gasteiger partial charge is 0.314 e. The van der Waals surface area contributed by atoms with Gasteiger partial charge in [0.1, 0.15) is 0 Å². The Kier molecular flexibility index (Phi) is 5.68. The molecule has 0 amide bonds. The molecule has 5 heteroatoms. The number of aromatic nitrogens is 2. The molecule has 0 radical (unpaired) electrons. The molecule has 0 bridgehead atoms. The maximum atomic E-state index is 6.28. The molecule has 2 aromatic rings. The number of aryl methyl sites for hydroxylation is 2. The van der Waals surface area contributed by atoms with Crippen molar-refractivity contribution < 1.29 is 0 Å². The fourth-order valence-electron chi connectivity index (χ4n) is 2.59. The summed E-state index contributed by atoms with van der Waals surface area (Å²) in [5.41, 5.74) is 3.26. The molecule has 1 aromatic heterocycles. The molecule has 1 heterocycles. The van der Waals surface area contributed by atoms with Crippen molar-refractivity contribution in [3.63, 3.8) is 0 Å². The Balaban J connectivity index is 2.17. The Bertz CT molecular complexity index is 587. The topological polar surface area (TPSA) is 29.9 Å². The van der Waals surface area contributed by atoms with Crippen LogP contribution in [0, 0.1) is 6.92 Å². The molecule has 0 spiro atoms. The van der Waals surface area contributed by atoms with Gasteiger partial charge in [0.15, 0.2) is 0 Å². The molecule has 0 saturated heterocycles. The van der Waals surface area contributed by atoms with Gasteiger partial charge in [-0.3, -0.25) is 4.68 Å². The minimum absolute atomic E-state index is 0.280. The first-order chi connectivity index (χ1) is 10.0. The van der Waals surface area contributed by atoms with Crippen LogP contribution >= 0.6 is 23.2 Å². The molecule has 114 valence electrons. The number of rotatable bonds is 6. The van der Waals surface area contributed by atoms with Gasteiger partial charge < -0.3 is 5.32 Å². The predicted molar refractivity (Wildman–Crippen MR) is 89.3 cm³/mol. The second-order valence-electron chi connectivity index (χ2n) is 5.26. The predicted octanol–water partition coefficient (Wildman–Crippen LogP) is 3.80. The highest BCUT2D eigenvalue weighted by Crippen LogP contribution is 2.26. The van der Waals surface area contributed by atoms with Crippen molar-refractivity contribution in [1.82, 2.24) is 15.1 Å². The highest BCUT2D eigenvalue weighted by molar-refractivity contribution is 6.36. The molecule has 1 aromatic carbocycles. The lowest BCUT2D eigenvalue weighted by Gasteiger charge is -2.19. The Hall–Kier alpha value is -1.03. The third-order valence-electron chi connectivity index (χ3n) is 3.56. The van der Waals surface area contributed by atoms with E-state index < -0.39 is 0 Å². The van der Waals surface area contributed by atoms with Gasteiger partial charge in [-0.2, -0.15) is 5.10 Å². The summed E-state index contributed by atoms with van der Waals surface area (Å²) in [6.45, 7) is 5.02. The minimum atomic E-state index is 0.280. The minimum Gasteiger partial charge on any atom is -0.314 e. The molecular formula is C16H21Cl2N3. The van der Waals surface area contributed by atoms with Crippen LogP contribution in [0.5, 0.6) is 0 Å². The highest BCUT2D eigenvalue weighted by Gasteiger charge is 2.16. The van der Waals surface area contributed by atoms with Crippen LogP contribution in [0.1, 0.15) is 23.9 Å². The Morgan fingerprint density at radius 3 is 2.43 bits per heavy atom. The third-order valence-corrected chi connectivity index (χ3v) is 4.27. The summed E-state index contributed by atoms with van der Waals surface area (Å²) in [5.74, 6) is 0. The van der Waals surface area contributed by atoms with Gasteiger partial charge in [-0.1, -0.05) is 36.2 Å². The average Bonchev–Trinajstić information content (AvgIpc) is 2.72. The normalized spacial score (nSPS) is 12.6. The first kappa shape index (κ1) is 16.3. The van der Waals surface area contributed by atoms with Crippen LogP contribution in [-0.2, 0) is 19.9 Å². The van der Waals surface area contributed by atoms with Gasteiger partial charge >= 0.3 is 0 Å². The number of likely N-dealkylation sites (N-methyl/N-ethyl adjacent to an activating group) is 1. The summed E-state index contributed by atoms with van der Waals surface area (Å²) in [6, 6.07) is 8.06. The lowest BCUT2D eigenvalue weighted by molar-refractivity contribution is 0.504. The zero-order valence-corrected chi connectivity index (χ0v) is 14.2. The fraction of sp³-hybridized carbons (Fsp3) is 0.438. The van der Waals surface area contributed by atoms with Gasteiger partial charge in [0.2, 0.25) is 0 Å². The summed E-state index contributed by atoms with van der Waals surface area (Å²) in [4.78, 5) is 0. The number of halogens is 2. The van der Waals surface area contributed by atoms with Crippen molar-refractivity contribution in [2.24, 2.45) is 7.05 Å². The van der Waals surface area contributed by atoms with Crippen LogP contribution in [0.25, 0.3) is 0 Å². The molecule has 0 aliphatic carbocycles. The molecule has 1 N–H and O–H groups in total. The summed E-state index contributed by atoms with van der Waals surface area (Å²) in [7, 11) is 1.98. The maximum Gasteiger partial charge on any atom is 0.0596 e. The molecule has 21 heavy (non-hydrogen) atoms. The molecule has 2 rings (SSSR count). The number of nitrogens with zero attached hydrogens (tertiary/aromatic N) is 2. The van der Waals surface area contributed by atoms with E-state index in [1.165, 1.54) is 5.69 Å². The van der Waals surface area contributed by atoms with Crippen molar-refractivity contribution >= 4 is 23.2 Å². The molecule has 0 fully saturated rings. The van der Waals surface area contributed by atoms with Crippen LogP contribution in [-0.4, -0.2) is 22.4 Å². The van der Waals surface area contributed by atoms with E-state index >= 15 is 0 Å². The molecule has 0 aliphatic heterocycles. The second kappa shape index (κ2) is 7.30. The summed E-state index contributed by atoms with van der Waals surface area (Å²) in [6.07, 6.45) is 1.70. The van der Waals surface area contributed by atoms with Crippen LogP contribution in [0.4, 0.5) is 0 Å². The zero-order chi connectivity index (χ0) is 15.4. The lowest BCUT2D eigenvalue weighted by atomic mass is 10.0. The van der Waals surface area contributed by atoms with E-state index in [4.69, 9.17) is 23.2 Å². The Labute approximate surface area is 136 Å². The summed E-state index contributed by atoms with van der Waals surface area (Å²) in [5, 5.41) is 9.37. The van der Waals surface area contributed by atoms with Crippen molar-refractivity contribution in [3.05, 3.63) is 51.3 Å². The van der Waals surface area contributed by atoms with E-state index in [9.17, 15) is 0 Å². The van der Waals surface area contributed by atoms with Crippen LogP contribution < -0.4 is 5.32 Å². The van der Waals surface area contributed by atoms with E-state index in [-0.39, 0.29) is 6.04 Å². The van der Waals surface area contributed by atoms with Gasteiger partial charge in [0, 0.05) is 35.2 Å². The van der Waals surface area contributed by atoms with Gasteiger partial charge in [-0.15, -0.1) is 0 Å². The van der Waals surface area contributed by atoms with E-state index in [1.54, 1.807) is 0 Å². The molecular weight excluding hydrogens is 305 g/mol. The molecule has 3 nitrogen and oxygen atoms in total. The standard InChI is InChI=1S/C16H21Cl2N3/c1-4-19-12(9-13-8-11(2)20-21(13)3)10-14-15(17)6-5-7-16(14)18/h5-8,12,19H,4,9-10H2,1-3H3. The molecule has 1 atom stereocenters. The van der Waals surface area contributed by atoms with Gasteiger partial charge in [0.05, 0.1) is 5.69 Å². The summed E-state index contributed by atoms with van der Waals surface area (Å²) < 4.78 is 1.94. The number of nitrogens with one attached hydrogen (secondary N) is 1. The Morgan fingerprint density at radius 2 is 1.90 bits per heavy atom. The quantitative estimate of drug-likeness (QED) is 0.875. The van der Waals surface area contributed by atoms with E-state index in [2.05, 4.69) is 23.4 Å². The van der Waals surface area contributed by atoms with Gasteiger partial charge in [-0.05, 0) is 43.7 Å². The van der Waals surface area contributed by atoms with Crippen molar-refractivity contribution in [3.8, 4) is 0 Å². The van der Waals surface area contributed by atoms with Crippen molar-refractivity contribution in [1.29, 1.82) is 0 Å². The molecule has 1 unspecified atom stereocenters. The highest BCUT2D eigenvalue weighted by atomic mass is 35.5. The van der Waals surface area contributed by atoms with Crippen LogP contribution in [0.3, 0.4) is 0 Å². The second-order valence-corrected chi connectivity index (χ2v) is 6.08. The lowest BCUT2D eigenvalue weighted by Crippen LogP contribution is -2.33. The third kappa shape index (κ3) is 4.22. The number of hydrogen-bond donors (Lipinski definition) is 1. The zero-order valence-electron chi connectivity index (χ0n) is 12.7. The van der Waals surface area contributed by atoms with E-state index in [1.807, 2.05) is 36.9 Å². The van der Waals surface area contributed by atoms with Crippen molar-refractivity contribution in [2.45, 2.75) is 32.7 Å². The number of benzene rings is 1. The first-order valence-electron chi connectivity index (χ1n) is 7.17. The SMILES string of the molecule is CCNC(Cc1c(Cl)cccc1Cl)Cc1cc(C)nn1C. The first-order valence-corrected chi connectivity index (χ1v) is 7.92. The fourth-order valence-corrected chi connectivity index (χ4v) is 3.14. The van der Waals surface area contributed by atoms with E-state index in [0.717, 1.165) is 40.7 Å². The maximum absolute atomic E-state index is 6.28. The van der Waals surface area contributed by atoms with Gasteiger partial charge in [0.25, 0.3) is 0 Å². The van der Waals surface area contributed by atoms with E-state index in [0.29, 0.717) is 0 Å². The van der Waals surface area contributed by atoms with Crippen LogP contribution in [0.2, 0.25) is 10.0 Å². The Morgan fingerprint density at radius 1 is 1.24 bits per heavy atom. The summed E-state index contributed by atoms with van der Waals surface area (Å²) >= 11 is 12.6. The number of hydrogen-bond acceptors (Lipinski definition) is 2. The van der Waals surface area contributed by atoms with Crippen molar-refractivity contribution in [2.75, 3.05) is 6.54 Å². The van der Waals surface area contributed by atoms with Gasteiger partial charge in [-0.25, -0.2) is 0 Å². The molecule has 0 saturated carbocycles. The van der Waals surface area contributed by atoms with Crippen LogP contribution in [0.15, 0.2) is 24.3 Å². The molecule has 0 aliphatic rings. The average molecular weight is 326 g/mol.